The van der Waals surface area contributed by atoms with Crippen LogP contribution in [-0.2, 0) is 6.54 Å². The van der Waals surface area contributed by atoms with Crippen molar-refractivity contribution in [2.24, 2.45) is 0 Å². The van der Waals surface area contributed by atoms with Gasteiger partial charge in [0.1, 0.15) is 11.5 Å². The highest BCUT2D eigenvalue weighted by Crippen LogP contribution is 2.24. The Labute approximate surface area is 153 Å². The minimum Gasteiger partial charge on any atom is -0.497 e. The maximum atomic E-state index is 12.8. The summed E-state index contributed by atoms with van der Waals surface area (Å²) in [4.78, 5) is 26.9. The van der Waals surface area contributed by atoms with Crippen LogP contribution in [0, 0.1) is 4.77 Å². The van der Waals surface area contributed by atoms with Crippen LogP contribution >= 0.6 is 12.2 Å². The summed E-state index contributed by atoms with van der Waals surface area (Å²) in [7, 11) is 3.10. The number of aromatic nitrogens is 2. The van der Waals surface area contributed by atoms with Gasteiger partial charge in [-0.2, -0.15) is 0 Å². The van der Waals surface area contributed by atoms with Crippen LogP contribution in [0.4, 0.5) is 0 Å². The SMILES string of the molecule is COc1ccc(OC)c(Cn2c(=S)[nH]c3cc(C(=O)O)ccc3c2=O)c1. The number of nitrogens with zero attached hydrogens (tertiary/aromatic N) is 1. The first kappa shape index (κ1) is 17.7. The number of carbonyl (C=O) groups is 1. The van der Waals surface area contributed by atoms with Gasteiger partial charge in [0.25, 0.3) is 5.56 Å². The molecule has 0 saturated carbocycles. The van der Waals surface area contributed by atoms with Crippen molar-refractivity contribution in [3.63, 3.8) is 0 Å². The van der Waals surface area contributed by atoms with Crippen molar-refractivity contribution in [3.05, 3.63) is 62.6 Å². The first-order chi connectivity index (χ1) is 12.4. The molecule has 2 N–H and O–H groups in total. The Morgan fingerprint density at radius 3 is 2.62 bits per heavy atom. The van der Waals surface area contributed by atoms with Gasteiger partial charge in [0.05, 0.1) is 37.2 Å². The van der Waals surface area contributed by atoms with E-state index in [4.69, 9.17) is 26.8 Å². The lowest BCUT2D eigenvalue weighted by Crippen LogP contribution is -2.23. The van der Waals surface area contributed by atoms with Gasteiger partial charge >= 0.3 is 5.97 Å². The molecule has 0 amide bonds. The predicted octanol–water partition coefficient (Wildman–Crippen LogP) is 2.82. The van der Waals surface area contributed by atoms with E-state index in [0.29, 0.717) is 22.4 Å². The van der Waals surface area contributed by atoms with Gasteiger partial charge in [0.2, 0.25) is 0 Å². The number of ether oxygens (including phenoxy) is 2. The molecule has 0 aliphatic heterocycles. The summed E-state index contributed by atoms with van der Waals surface area (Å²) in [5.41, 5.74) is 0.879. The number of hydrogen-bond acceptors (Lipinski definition) is 5. The largest absolute Gasteiger partial charge is 0.497 e. The number of benzene rings is 2. The molecule has 7 nitrogen and oxygen atoms in total. The summed E-state index contributed by atoms with van der Waals surface area (Å²) in [6.45, 7) is 0.186. The van der Waals surface area contributed by atoms with Crippen molar-refractivity contribution in [1.29, 1.82) is 0 Å². The van der Waals surface area contributed by atoms with Gasteiger partial charge in [0, 0.05) is 5.56 Å². The molecule has 0 bridgehead atoms. The number of carboxylic acid groups (broad SMARTS) is 1. The van der Waals surface area contributed by atoms with Gasteiger partial charge in [-0.3, -0.25) is 9.36 Å². The summed E-state index contributed by atoms with van der Waals surface area (Å²) in [6, 6.07) is 9.56. The molecular weight excluding hydrogens is 356 g/mol. The third-order valence-electron chi connectivity index (χ3n) is 4.04. The fraction of sp³-hybridized carbons (Fsp3) is 0.167. The number of fused-ring (bicyclic) bond motifs is 1. The minimum absolute atomic E-state index is 0.0785. The molecule has 134 valence electrons. The lowest BCUT2D eigenvalue weighted by molar-refractivity contribution is 0.0697. The van der Waals surface area contributed by atoms with Crippen molar-refractivity contribution in [1.82, 2.24) is 9.55 Å². The second-order valence-corrected chi connectivity index (χ2v) is 5.95. The molecule has 1 aromatic heterocycles. The van der Waals surface area contributed by atoms with Crippen LogP contribution < -0.4 is 15.0 Å². The first-order valence-electron chi connectivity index (χ1n) is 7.65. The Balaban J connectivity index is 2.15. The quantitative estimate of drug-likeness (QED) is 0.669. The second kappa shape index (κ2) is 7.01. The number of H-pyrrole nitrogens is 1. The molecule has 1 heterocycles. The van der Waals surface area contributed by atoms with Crippen LogP contribution in [0.3, 0.4) is 0 Å². The molecule has 3 aromatic rings. The number of aromatic amines is 1. The normalized spacial score (nSPS) is 10.7. The van der Waals surface area contributed by atoms with Crippen molar-refractivity contribution < 1.29 is 19.4 Å². The second-order valence-electron chi connectivity index (χ2n) is 5.56. The standard InChI is InChI=1S/C18H16N2O5S/c1-24-12-4-6-15(25-2)11(7-12)9-20-16(21)13-5-3-10(17(22)23)8-14(13)19-18(20)26/h3-8H,9H2,1-2H3,(H,19,26)(H,22,23). The zero-order chi connectivity index (χ0) is 18.8. The molecular formula is C18H16N2O5S. The zero-order valence-corrected chi connectivity index (χ0v) is 14.9. The summed E-state index contributed by atoms with van der Waals surface area (Å²) in [5.74, 6) is 0.167. The van der Waals surface area contributed by atoms with E-state index < -0.39 is 5.97 Å². The van der Waals surface area contributed by atoms with E-state index in [-0.39, 0.29) is 22.4 Å². The van der Waals surface area contributed by atoms with Crippen LogP contribution in [0.5, 0.6) is 11.5 Å². The average molecular weight is 372 g/mol. The highest BCUT2D eigenvalue weighted by Gasteiger charge is 2.12. The Morgan fingerprint density at radius 1 is 1.19 bits per heavy atom. The number of methoxy groups -OCH3 is 2. The van der Waals surface area contributed by atoms with E-state index in [0.717, 1.165) is 5.56 Å². The van der Waals surface area contributed by atoms with Gasteiger partial charge in [-0.15, -0.1) is 0 Å². The third-order valence-corrected chi connectivity index (χ3v) is 4.37. The van der Waals surface area contributed by atoms with Gasteiger partial charge in [0.15, 0.2) is 4.77 Å². The van der Waals surface area contributed by atoms with Gasteiger partial charge in [-0.05, 0) is 48.6 Å². The molecule has 26 heavy (non-hydrogen) atoms. The molecule has 0 unspecified atom stereocenters. The summed E-state index contributed by atoms with van der Waals surface area (Å²) in [6.07, 6.45) is 0. The van der Waals surface area contributed by atoms with Crippen LogP contribution in [0.1, 0.15) is 15.9 Å². The molecule has 0 atom stereocenters. The fourth-order valence-electron chi connectivity index (χ4n) is 2.71. The average Bonchev–Trinajstić information content (AvgIpc) is 2.64. The lowest BCUT2D eigenvalue weighted by atomic mass is 10.1. The number of nitrogens with one attached hydrogen (secondary N) is 1. The Bertz CT molecular complexity index is 1120. The van der Waals surface area contributed by atoms with Crippen LogP contribution in [0.25, 0.3) is 10.9 Å². The van der Waals surface area contributed by atoms with E-state index in [9.17, 15) is 9.59 Å². The number of hydrogen-bond donors (Lipinski definition) is 2. The lowest BCUT2D eigenvalue weighted by Gasteiger charge is -2.13. The van der Waals surface area contributed by atoms with E-state index in [1.807, 2.05) is 0 Å². The van der Waals surface area contributed by atoms with E-state index in [1.54, 1.807) is 32.4 Å². The van der Waals surface area contributed by atoms with Crippen LogP contribution in [0.2, 0.25) is 0 Å². The van der Waals surface area contributed by atoms with Gasteiger partial charge < -0.3 is 19.6 Å². The molecule has 0 spiro atoms. The molecule has 0 aliphatic rings. The van der Waals surface area contributed by atoms with E-state index >= 15 is 0 Å². The van der Waals surface area contributed by atoms with Crippen molar-refractivity contribution >= 4 is 29.1 Å². The summed E-state index contributed by atoms with van der Waals surface area (Å²) in [5, 5.41) is 9.44. The van der Waals surface area contributed by atoms with Crippen LogP contribution in [-0.4, -0.2) is 34.8 Å². The Morgan fingerprint density at radius 2 is 1.96 bits per heavy atom. The molecule has 0 aliphatic carbocycles. The number of aromatic carboxylic acids is 1. The molecule has 3 rings (SSSR count). The third kappa shape index (κ3) is 3.18. The maximum absolute atomic E-state index is 12.8. The fourth-order valence-corrected chi connectivity index (χ4v) is 2.96. The van der Waals surface area contributed by atoms with Gasteiger partial charge in [-0.25, -0.2) is 4.79 Å². The Kier molecular flexibility index (Phi) is 4.77. The smallest absolute Gasteiger partial charge is 0.335 e. The van der Waals surface area contributed by atoms with E-state index in [2.05, 4.69) is 4.98 Å². The number of rotatable bonds is 5. The minimum atomic E-state index is -1.07. The van der Waals surface area contributed by atoms with Gasteiger partial charge in [-0.1, -0.05) is 0 Å². The van der Waals surface area contributed by atoms with Crippen molar-refractivity contribution in [2.45, 2.75) is 6.54 Å². The predicted molar refractivity (Wildman–Crippen MR) is 99.0 cm³/mol. The Hall–Kier alpha value is -3.13. The highest BCUT2D eigenvalue weighted by atomic mass is 32.1. The molecule has 2 aromatic carbocycles. The molecule has 0 saturated heterocycles. The molecule has 0 radical (unpaired) electrons. The monoisotopic (exact) mass is 372 g/mol. The van der Waals surface area contributed by atoms with E-state index in [1.165, 1.54) is 22.8 Å². The summed E-state index contributed by atoms with van der Waals surface area (Å²) >= 11 is 5.30. The topological polar surface area (TPSA) is 93.6 Å². The van der Waals surface area contributed by atoms with Crippen LogP contribution in [0.15, 0.2) is 41.2 Å². The summed E-state index contributed by atoms with van der Waals surface area (Å²) < 4.78 is 12.2. The highest BCUT2D eigenvalue weighted by molar-refractivity contribution is 7.71. The first-order valence-corrected chi connectivity index (χ1v) is 8.06. The molecule has 8 heteroatoms. The zero-order valence-electron chi connectivity index (χ0n) is 14.1. The van der Waals surface area contributed by atoms with Crippen molar-refractivity contribution in [3.8, 4) is 11.5 Å². The molecule has 0 fully saturated rings. The van der Waals surface area contributed by atoms with Crippen molar-refractivity contribution in [2.75, 3.05) is 14.2 Å². The maximum Gasteiger partial charge on any atom is 0.335 e. The number of carboxylic acids is 1.